The second-order valence-corrected chi connectivity index (χ2v) is 6.91. The van der Waals surface area contributed by atoms with Crippen molar-refractivity contribution in [1.29, 1.82) is 0 Å². The van der Waals surface area contributed by atoms with Crippen LogP contribution in [0.1, 0.15) is 53.4 Å². The number of amides is 1. The van der Waals surface area contributed by atoms with Crippen molar-refractivity contribution < 1.29 is 4.79 Å². The minimum absolute atomic E-state index is 0.188. The molecule has 1 heterocycles. The maximum Gasteiger partial charge on any atom is 0.219 e. The fourth-order valence-electron chi connectivity index (χ4n) is 3.10. The first kappa shape index (κ1) is 21.7. The number of aliphatic imine (C=N–C) groups is 1. The van der Waals surface area contributed by atoms with Gasteiger partial charge in [-0.2, -0.15) is 0 Å². The first-order chi connectivity index (χ1) is 12.1. The maximum absolute atomic E-state index is 11.4. The van der Waals surface area contributed by atoms with Crippen LogP contribution >= 0.6 is 0 Å². The Bertz CT molecular complexity index is 391. The molecular formula is C19H39N5O. The summed E-state index contributed by atoms with van der Waals surface area (Å²) in [5.74, 6) is 1.81. The van der Waals surface area contributed by atoms with Crippen molar-refractivity contribution in [3.8, 4) is 0 Å². The standard InChI is InChI=1S/C19H39N5O/c1-5-8-9-18(6-2)16-22-19(20-7-3)21-10-11-23-12-14-24(15-13-23)17(4)25/h18H,5-16H2,1-4H3,(H2,20,21,22). The second-order valence-electron chi connectivity index (χ2n) is 6.91. The van der Waals surface area contributed by atoms with Gasteiger partial charge in [-0.25, -0.2) is 0 Å². The van der Waals surface area contributed by atoms with Gasteiger partial charge >= 0.3 is 0 Å². The minimum Gasteiger partial charge on any atom is -0.357 e. The topological polar surface area (TPSA) is 60.0 Å². The number of piperazine rings is 1. The van der Waals surface area contributed by atoms with Crippen molar-refractivity contribution in [2.75, 3.05) is 52.4 Å². The predicted molar refractivity (Wildman–Crippen MR) is 106 cm³/mol. The van der Waals surface area contributed by atoms with Crippen LogP contribution in [0.15, 0.2) is 4.99 Å². The number of nitrogens with one attached hydrogen (secondary N) is 2. The highest BCUT2D eigenvalue weighted by Gasteiger charge is 2.17. The van der Waals surface area contributed by atoms with Gasteiger partial charge in [-0.3, -0.25) is 14.7 Å². The third kappa shape index (κ3) is 9.10. The summed E-state index contributed by atoms with van der Waals surface area (Å²) < 4.78 is 0. The smallest absolute Gasteiger partial charge is 0.219 e. The van der Waals surface area contributed by atoms with E-state index in [-0.39, 0.29) is 5.91 Å². The molecule has 1 aliphatic heterocycles. The van der Waals surface area contributed by atoms with Crippen molar-refractivity contribution in [3.05, 3.63) is 0 Å². The van der Waals surface area contributed by atoms with Crippen LogP contribution in [0.5, 0.6) is 0 Å². The molecule has 0 aliphatic carbocycles. The Balaban J connectivity index is 2.32. The van der Waals surface area contributed by atoms with Gasteiger partial charge in [0.25, 0.3) is 0 Å². The van der Waals surface area contributed by atoms with E-state index in [0.717, 1.165) is 58.3 Å². The molecule has 0 aromatic carbocycles. The van der Waals surface area contributed by atoms with Crippen molar-refractivity contribution >= 4 is 11.9 Å². The molecule has 0 aromatic heterocycles. The summed E-state index contributed by atoms with van der Waals surface area (Å²) in [5, 5.41) is 6.80. The molecule has 1 atom stereocenters. The highest BCUT2D eigenvalue weighted by Crippen LogP contribution is 2.12. The Morgan fingerprint density at radius 2 is 1.84 bits per heavy atom. The van der Waals surface area contributed by atoms with E-state index in [0.29, 0.717) is 5.92 Å². The number of unbranched alkanes of at least 4 members (excludes halogenated alkanes) is 1. The summed E-state index contributed by atoms with van der Waals surface area (Å²) in [6, 6.07) is 0. The number of guanidine groups is 1. The van der Waals surface area contributed by atoms with Crippen molar-refractivity contribution in [3.63, 3.8) is 0 Å². The predicted octanol–water partition coefficient (Wildman–Crippen LogP) is 1.92. The van der Waals surface area contributed by atoms with Crippen LogP contribution in [-0.2, 0) is 4.79 Å². The van der Waals surface area contributed by atoms with E-state index >= 15 is 0 Å². The lowest BCUT2D eigenvalue weighted by atomic mass is 10.00. The monoisotopic (exact) mass is 353 g/mol. The molecule has 0 radical (unpaired) electrons. The largest absolute Gasteiger partial charge is 0.357 e. The van der Waals surface area contributed by atoms with Crippen LogP contribution in [0.2, 0.25) is 0 Å². The van der Waals surface area contributed by atoms with Crippen LogP contribution < -0.4 is 10.6 Å². The fraction of sp³-hybridized carbons (Fsp3) is 0.895. The fourth-order valence-corrected chi connectivity index (χ4v) is 3.10. The lowest BCUT2D eigenvalue weighted by Crippen LogP contribution is -2.50. The first-order valence-corrected chi connectivity index (χ1v) is 10.1. The summed E-state index contributed by atoms with van der Waals surface area (Å²) in [6.07, 6.45) is 5.03. The van der Waals surface area contributed by atoms with Gasteiger partial charge in [0.1, 0.15) is 0 Å². The van der Waals surface area contributed by atoms with E-state index in [9.17, 15) is 4.79 Å². The Hall–Kier alpha value is -1.30. The van der Waals surface area contributed by atoms with E-state index < -0.39 is 0 Å². The van der Waals surface area contributed by atoms with Gasteiger partial charge in [-0.1, -0.05) is 33.1 Å². The zero-order valence-electron chi connectivity index (χ0n) is 16.8. The summed E-state index contributed by atoms with van der Waals surface area (Å²) in [6.45, 7) is 15.5. The van der Waals surface area contributed by atoms with Gasteiger partial charge in [0.2, 0.25) is 5.91 Å². The molecular weight excluding hydrogens is 314 g/mol. The molecule has 6 heteroatoms. The second kappa shape index (κ2) is 13.0. The van der Waals surface area contributed by atoms with Gasteiger partial charge < -0.3 is 15.5 Å². The van der Waals surface area contributed by atoms with E-state index in [4.69, 9.17) is 4.99 Å². The molecule has 1 amide bonds. The molecule has 1 rings (SSSR count). The van der Waals surface area contributed by atoms with E-state index in [1.165, 1.54) is 25.7 Å². The number of rotatable bonds is 10. The molecule has 1 unspecified atom stereocenters. The van der Waals surface area contributed by atoms with Crippen LogP contribution in [0, 0.1) is 5.92 Å². The van der Waals surface area contributed by atoms with Gasteiger partial charge in [0.15, 0.2) is 5.96 Å². The number of hydrogen-bond donors (Lipinski definition) is 2. The number of carbonyl (C=O) groups excluding carboxylic acids is 1. The summed E-state index contributed by atoms with van der Waals surface area (Å²) in [4.78, 5) is 20.5. The summed E-state index contributed by atoms with van der Waals surface area (Å²) >= 11 is 0. The normalized spacial score (nSPS) is 17.4. The van der Waals surface area contributed by atoms with E-state index in [2.05, 4.69) is 36.3 Å². The van der Waals surface area contributed by atoms with Gasteiger partial charge in [0.05, 0.1) is 0 Å². The number of hydrogen-bond acceptors (Lipinski definition) is 3. The van der Waals surface area contributed by atoms with E-state index in [1.54, 1.807) is 6.92 Å². The van der Waals surface area contributed by atoms with Crippen LogP contribution in [-0.4, -0.2) is 74.0 Å². The Labute approximate surface area is 154 Å². The zero-order valence-corrected chi connectivity index (χ0v) is 16.8. The average Bonchev–Trinajstić information content (AvgIpc) is 2.62. The van der Waals surface area contributed by atoms with Crippen molar-refractivity contribution in [1.82, 2.24) is 20.4 Å². The highest BCUT2D eigenvalue weighted by molar-refractivity contribution is 5.79. The third-order valence-corrected chi connectivity index (χ3v) is 4.93. The van der Waals surface area contributed by atoms with Gasteiger partial charge in [-0.05, 0) is 19.3 Å². The lowest BCUT2D eigenvalue weighted by Gasteiger charge is -2.34. The molecule has 2 N–H and O–H groups in total. The van der Waals surface area contributed by atoms with Gasteiger partial charge in [-0.15, -0.1) is 0 Å². The molecule has 1 aliphatic rings. The number of nitrogens with zero attached hydrogens (tertiary/aromatic N) is 3. The Kier molecular flexibility index (Phi) is 11.3. The molecule has 0 bridgehead atoms. The first-order valence-electron chi connectivity index (χ1n) is 10.1. The van der Waals surface area contributed by atoms with E-state index in [1.807, 2.05) is 4.90 Å². The zero-order chi connectivity index (χ0) is 18.5. The summed E-state index contributed by atoms with van der Waals surface area (Å²) in [7, 11) is 0. The molecule has 25 heavy (non-hydrogen) atoms. The quantitative estimate of drug-likeness (QED) is 0.465. The molecule has 1 saturated heterocycles. The molecule has 146 valence electrons. The molecule has 0 saturated carbocycles. The number of carbonyl (C=O) groups is 1. The lowest BCUT2D eigenvalue weighted by molar-refractivity contribution is -0.130. The highest BCUT2D eigenvalue weighted by atomic mass is 16.2. The van der Waals surface area contributed by atoms with Crippen LogP contribution in [0.3, 0.4) is 0 Å². The molecule has 0 aromatic rings. The third-order valence-electron chi connectivity index (χ3n) is 4.93. The minimum atomic E-state index is 0.188. The van der Waals surface area contributed by atoms with Crippen molar-refractivity contribution in [2.24, 2.45) is 10.9 Å². The molecule has 0 spiro atoms. The average molecular weight is 354 g/mol. The SMILES string of the molecule is CCCCC(CC)CN=C(NCC)NCCN1CCN(C(C)=O)CC1. The van der Waals surface area contributed by atoms with Crippen LogP contribution in [0.25, 0.3) is 0 Å². The molecule has 6 nitrogen and oxygen atoms in total. The Morgan fingerprint density at radius 3 is 2.40 bits per heavy atom. The summed E-state index contributed by atoms with van der Waals surface area (Å²) in [5.41, 5.74) is 0. The van der Waals surface area contributed by atoms with Crippen LogP contribution in [0.4, 0.5) is 0 Å². The maximum atomic E-state index is 11.4. The Morgan fingerprint density at radius 1 is 1.12 bits per heavy atom. The van der Waals surface area contributed by atoms with Gasteiger partial charge in [0, 0.05) is 59.3 Å². The molecule has 1 fully saturated rings. The van der Waals surface area contributed by atoms with Crippen molar-refractivity contribution in [2.45, 2.75) is 53.4 Å².